The molecule has 0 radical (unpaired) electrons. The van der Waals surface area contributed by atoms with E-state index < -0.39 is 6.04 Å². The van der Waals surface area contributed by atoms with Crippen molar-refractivity contribution < 1.29 is 9.59 Å². The molecule has 1 amide bonds. The molecule has 1 atom stereocenters. The molecule has 128 valence electrons. The average Bonchev–Trinajstić information content (AvgIpc) is 2.91. The lowest BCUT2D eigenvalue weighted by Gasteiger charge is -2.23. The van der Waals surface area contributed by atoms with Gasteiger partial charge in [0.05, 0.1) is 0 Å². The third kappa shape index (κ3) is 3.20. The van der Waals surface area contributed by atoms with Gasteiger partial charge in [0, 0.05) is 25.0 Å². The number of Topliss-reactive ketones (excluding diaryl/α,β-unsaturated/α-hetero) is 1. The van der Waals surface area contributed by atoms with Gasteiger partial charge < -0.3 is 4.90 Å². The van der Waals surface area contributed by atoms with Crippen molar-refractivity contribution in [2.24, 2.45) is 0 Å². The van der Waals surface area contributed by atoms with Crippen LogP contribution in [0.25, 0.3) is 0 Å². The van der Waals surface area contributed by atoms with E-state index in [2.05, 4.69) is 0 Å². The molecule has 3 rings (SSSR count). The maximum absolute atomic E-state index is 13.1. The third-order valence-corrected chi connectivity index (χ3v) is 4.49. The summed E-state index contributed by atoms with van der Waals surface area (Å²) in [6, 6.07) is 18.2. The zero-order valence-electron chi connectivity index (χ0n) is 14.6. The molecule has 25 heavy (non-hydrogen) atoms. The fourth-order valence-electron chi connectivity index (χ4n) is 3.12. The molecule has 0 bridgehead atoms. The van der Waals surface area contributed by atoms with Gasteiger partial charge in [-0.1, -0.05) is 48.5 Å². The molecule has 0 aromatic heterocycles. The highest BCUT2D eigenvalue weighted by Crippen LogP contribution is 2.37. The first-order valence-electron chi connectivity index (χ1n) is 8.61. The first-order chi connectivity index (χ1) is 12.2. The Morgan fingerprint density at radius 2 is 1.48 bits per heavy atom. The van der Waals surface area contributed by atoms with Gasteiger partial charge >= 0.3 is 0 Å². The molecule has 0 saturated carbocycles. The van der Waals surface area contributed by atoms with Crippen LogP contribution in [-0.2, 0) is 9.59 Å². The highest BCUT2D eigenvalue weighted by atomic mass is 16.2. The molecule has 1 unspecified atom stereocenters. The number of para-hydroxylation sites is 1. The Bertz CT molecular complexity index is 721. The summed E-state index contributed by atoms with van der Waals surface area (Å²) in [7, 11) is 0. The molecule has 4 nitrogen and oxygen atoms in total. The van der Waals surface area contributed by atoms with E-state index >= 15 is 0 Å². The molecule has 1 aliphatic heterocycles. The number of amides is 1. The molecule has 2 aromatic carbocycles. The standard InChI is InChI=1S/C21H22N2O2/c1-3-22(4-2)15-18-20(24)19(16-11-7-5-8-12-16)23(21(18)25)17-13-9-6-10-14-17/h5-15,19H,3-4H2,1-2H3/b18-15-. The molecular weight excluding hydrogens is 312 g/mol. The minimum atomic E-state index is -0.613. The van der Waals surface area contributed by atoms with E-state index in [1.807, 2.05) is 79.4 Å². The Balaban J connectivity index is 2.10. The van der Waals surface area contributed by atoms with Crippen LogP contribution in [0.15, 0.2) is 72.4 Å². The van der Waals surface area contributed by atoms with Crippen molar-refractivity contribution in [1.29, 1.82) is 0 Å². The van der Waals surface area contributed by atoms with Crippen LogP contribution in [0.1, 0.15) is 25.5 Å². The van der Waals surface area contributed by atoms with E-state index in [-0.39, 0.29) is 17.3 Å². The predicted molar refractivity (Wildman–Crippen MR) is 99.1 cm³/mol. The number of carbonyl (C=O) groups excluding carboxylic acids is 2. The summed E-state index contributed by atoms with van der Waals surface area (Å²) in [6.45, 7) is 5.52. The van der Waals surface area contributed by atoms with E-state index in [4.69, 9.17) is 0 Å². The smallest absolute Gasteiger partial charge is 0.264 e. The molecule has 4 heteroatoms. The number of rotatable bonds is 5. The molecule has 0 aliphatic carbocycles. The van der Waals surface area contributed by atoms with Crippen LogP contribution in [-0.4, -0.2) is 29.7 Å². The SMILES string of the molecule is CCN(/C=C1/C(=O)C(c2ccccc2)N(c2ccccc2)C1=O)CC. The van der Waals surface area contributed by atoms with Gasteiger partial charge in [-0.25, -0.2) is 0 Å². The number of hydrogen-bond donors (Lipinski definition) is 0. The summed E-state index contributed by atoms with van der Waals surface area (Å²) < 4.78 is 0. The van der Waals surface area contributed by atoms with Crippen LogP contribution >= 0.6 is 0 Å². The summed E-state index contributed by atoms with van der Waals surface area (Å²) in [5.74, 6) is -0.385. The largest absolute Gasteiger partial charge is 0.377 e. The number of ketones is 1. The topological polar surface area (TPSA) is 40.6 Å². The monoisotopic (exact) mass is 334 g/mol. The van der Waals surface area contributed by atoms with E-state index in [0.717, 1.165) is 24.3 Å². The third-order valence-electron chi connectivity index (χ3n) is 4.49. The molecule has 0 N–H and O–H groups in total. The van der Waals surface area contributed by atoms with E-state index in [1.54, 1.807) is 11.1 Å². The first kappa shape index (κ1) is 17.0. The van der Waals surface area contributed by atoms with E-state index in [9.17, 15) is 9.59 Å². The highest BCUT2D eigenvalue weighted by Gasteiger charge is 2.44. The Kier molecular flexibility index (Phi) is 4.98. The van der Waals surface area contributed by atoms with Gasteiger partial charge in [-0.15, -0.1) is 0 Å². The number of hydrogen-bond acceptors (Lipinski definition) is 3. The second-order valence-corrected chi connectivity index (χ2v) is 5.95. The summed E-state index contributed by atoms with van der Waals surface area (Å²) in [5, 5.41) is 0. The Hall–Kier alpha value is -2.88. The van der Waals surface area contributed by atoms with Crippen molar-refractivity contribution in [3.05, 3.63) is 78.0 Å². The van der Waals surface area contributed by atoms with Crippen LogP contribution in [0.4, 0.5) is 5.69 Å². The van der Waals surface area contributed by atoms with Crippen LogP contribution < -0.4 is 4.90 Å². The Morgan fingerprint density at radius 1 is 0.920 bits per heavy atom. The molecule has 0 spiro atoms. The van der Waals surface area contributed by atoms with Crippen molar-refractivity contribution in [3.63, 3.8) is 0 Å². The summed E-state index contributed by atoms with van der Waals surface area (Å²) in [5.41, 5.74) is 1.81. The maximum Gasteiger partial charge on any atom is 0.264 e. The van der Waals surface area contributed by atoms with Crippen LogP contribution in [0.5, 0.6) is 0 Å². The lowest BCUT2D eigenvalue weighted by Crippen LogP contribution is -2.29. The van der Waals surface area contributed by atoms with E-state index in [1.165, 1.54) is 0 Å². The van der Waals surface area contributed by atoms with Gasteiger partial charge in [0.15, 0.2) is 5.78 Å². The second kappa shape index (κ2) is 7.34. The molecule has 2 aromatic rings. The lowest BCUT2D eigenvalue weighted by molar-refractivity contribution is -0.117. The Labute approximate surface area is 148 Å². The quantitative estimate of drug-likeness (QED) is 0.620. The number of anilines is 1. The second-order valence-electron chi connectivity index (χ2n) is 5.95. The van der Waals surface area contributed by atoms with Crippen molar-refractivity contribution in [3.8, 4) is 0 Å². The van der Waals surface area contributed by atoms with Crippen molar-refractivity contribution in [1.82, 2.24) is 4.90 Å². The predicted octanol–water partition coefficient (Wildman–Crippen LogP) is 3.57. The Morgan fingerprint density at radius 3 is 2.04 bits per heavy atom. The van der Waals surface area contributed by atoms with Gasteiger partial charge in [-0.05, 0) is 31.5 Å². The minimum Gasteiger partial charge on any atom is -0.377 e. The number of carbonyl (C=O) groups is 2. The van der Waals surface area contributed by atoms with Gasteiger partial charge in [0.1, 0.15) is 11.6 Å². The molecular formula is C21H22N2O2. The van der Waals surface area contributed by atoms with Gasteiger partial charge in [0.25, 0.3) is 5.91 Å². The normalized spacial score (nSPS) is 18.9. The summed E-state index contributed by atoms with van der Waals surface area (Å²) >= 11 is 0. The van der Waals surface area contributed by atoms with Crippen LogP contribution in [0.3, 0.4) is 0 Å². The molecule has 1 heterocycles. The number of nitrogens with zero attached hydrogens (tertiary/aromatic N) is 2. The number of benzene rings is 2. The maximum atomic E-state index is 13.1. The zero-order valence-corrected chi connectivity index (χ0v) is 14.6. The molecule has 1 aliphatic rings. The van der Waals surface area contributed by atoms with Gasteiger partial charge in [-0.3, -0.25) is 14.5 Å². The van der Waals surface area contributed by atoms with Crippen molar-refractivity contribution in [2.45, 2.75) is 19.9 Å². The van der Waals surface area contributed by atoms with Gasteiger partial charge in [0.2, 0.25) is 0 Å². The van der Waals surface area contributed by atoms with Crippen LogP contribution in [0.2, 0.25) is 0 Å². The first-order valence-corrected chi connectivity index (χ1v) is 8.61. The summed E-state index contributed by atoms with van der Waals surface area (Å²) in [6.07, 6.45) is 1.71. The van der Waals surface area contributed by atoms with Crippen molar-refractivity contribution >= 4 is 17.4 Å². The van der Waals surface area contributed by atoms with Gasteiger partial charge in [-0.2, -0.15) is 0 Å². The average molecular weight is 334 g/mol. The minimum absolute atomic E-state index is 0.146. The van der Waals surface area contributed by atoms with Crippen molar-refractivity contribution in [2.75, 3.05) is 18.0 Å². The molecule has 1 saturated heterocycles. The fraction of sp³-hybridized carbons (Fsp3) is 0.238. The fourth-order valence-corrected chi connectivity index (χ4v) is 3.12. The zero-order chi connectivity index (χ0) is 17.8. The lowest BCUT2D eigenvalue weighted by atomic mass is 10.0. The highest BCUT2D eigenvalue weighted by molar-refractivity contribution is 6.33. The van der Waals surface area contributed by atoms with E-state index in [0.29, 0.717) is 0 Å². The van der Waals surface area contributed by atoms with Crippen LogP contribution in [0, 0.1) is 0 Å². The summed E-state index contributed by atoms with van der Waals surface area (Å²) in [4.78, 5) is 29.8. The molecule has 1 fully saturated rings.